The maximum Gasteiger partial charge on any atom is 0.433 e. The number of nitrogens with zero attached hydrogens (tertiary/aromatic N) is 2. The number of aromatic hydroxyl groups is 1. The van der Waals surface area contributed by atoms with Crippen LogP contribution < -0.4 is 0 Å². The van der Waals surface area contributed by atoms with Crippen LogP contribution in [0.2, 0.25) is 0 Å². The van der Waals surface area contributed by atoms with Gasteiger partial charge in [0.25, 0.3) is 0 Å². The minimum atomic E-state index is -3.37. The van der Waals surface area contributed by atoms with E-state index in [2.05, 4.69) is 4.98 Å². The van der Waals surface area contributed by atoms with E-state index in [1.807, 2.05) is 0 Å². The monoisotopic (exact) mass is 249 g/mol. The minimum Gasteiger partial charge on any atom is -0.501 e. The second-order valence-electron chi connectivity index (χ2n) is 3.66. The van der Waals surface area contributed by atoms with Crippen LogP contribution in [-0.4, -0.2) is 19.8 Å². The Balaban J connectivity index is 3.00. The molecule has 0 aromatic heterocycles. The SMILES string of the molecule is CS(=O)(=O)c1cccc2c([N+]#N)c(O)ccc12. The average molecular weight is 249 g/mol. The van der Waals surface area contributed by atoms with E-state index in [9.17, 15) is 13.5 Å². The van der Waals surface area contributed by atoms with E-state index in [1.165, 1.54) is 24.3 Å². The zero-order valence-electron chi connectivity index (χ0n) is 8.95. The molecular formula is C11H9N2O3S+. The summed E-state index contributed by atoms with van der Waals surface area (Å²) in [4.78, 5) is 3.12. The normalized spacial score (nSPS) is 11.3. The molecule has 0 radical (unpaired) electrons. The van der Waals surface area contributed by atoms with Crippen molar-refractivity contribution < 1.29 is 13.5 Å². The quantitative estimate of drug-likeness (QED) is 0.787. The number of phenols is 1. The van der Waals surface area contributed by atoms with Gasteiger partial charge in [0.1, 0.15) is 0 Å². The largest absolute Gasteiger partial charge is 0.501 e. The molecule has 0 heterocycles. The third-order valence-electron chi connectivity index (χ3n) is 2.47. The molecule has 0 spiro atoms. The molecule has 0 aliphatic carbocycles. The smallest absolute Gasteiger partial charge is 0.433 e. The first-order valence-electron chi connectivity index (χ1n) is 4.75. The predicted octanol–water partition coefficient (Wildman–Crippen LogP) is 2.43. The van der Waals surface area contributed by atoms with Gasteiger partial charge in [-0.25, -0.2) is 8.42 Å². The zero-order valence-corrected chi connectivity index (χ0v) is 9.77. The predicted molar refractivity (Wildman–Crippen MR) is 63.5 cm³/mol. The van der Waals surface area contributed by atoms with Crippen molar-refractivity contribution >= 4 is 26.3 Å². The summed E-state index contributed by atoms with van der Waals surface area (Å²) in [6.45, 7) is 0. The Hall–Kier alpha value is -2.13. The van der Waals surface area contributed by atoms with Crippen LogP contribution in [0.3, 0.4) is 0 Å². The van der Waals surface area contributed by atoms with Gasteiger partial charge in [-0.15, -0.1) is 0 Å². The molecule has 0 aliphatic rings. The van der Waals surface area contributed by atoms with Crippen molar-refractivity contribution in [2.45, 2.75) is 4.90 Å². The highest BCUT2D eigenvalue weighted by atomic mass is 32.2. The summed E-state index contributed by atoms with van der Waals surface area (Å²) in [6.07, 6.45) is 1.10. The molecule has 1 N–H and O–H groups in total. The van der Waals surface area contributed by atoms with Gasteiger partial charge in [0, 0.05) is 11.6 Å². The molecule has 2 aromatic rings. The van der Waals surface area contributed by atoms with Crippen molar-refractivity contribution in [1.82, 2.24) is 0 Å². The van der Waals surface area contributed by atoms with E-state index in [4.69, 9.17) is 5.39 Å². The maximum atomic E-state index is 11.6. The number of hydrogen-bond acceptors (Lipinski definition) is 4. The molecule has 0 bridgehead atoms. The molecule has 86 valence electrons. The Morgan fingerprint density at radius 2 is 1.88 bits per heavy atom. The van der Waals surface area contributed by atoms with E-state index < -0.39 is 9.84 Å². The number of diazo groups is 1. The highest BCUT2D eigenvalue weighted by molar-refractivity contribution is 7.91. The number of benzene rings is 2. The van der Waals surface area contributed by atoms with Crippen molar-refractivity contribution in [1.29, 1.82) is 5.39 Å². The van der Waals surface area contributed by atoms with Crippen LogP contribution in [0.1, 0.15) is 0 Å². The maximum absolute atomic E-state index is 11.6. The number of hydrogen-bond donors (Lipinski definition) is 1. The first kappa shape index (κ1) is 11.4. The molecule has 0 fully saturated rings. The highest BCUT2D eigenvalue weighted by Crippen LogP contribution is 2.37. The molecule has 0 atom stereocenters. The first-order chi connectivity index (χ1) is 7.95. The molecule has 0 saturated carbocycles. The fourth-order valence-electron chi connectivity index (χ4n) is 1.73. The number of sulfone groups is 1. The summed E-state index contributed by atoms with van der Waals surface area (Å²) < 4.78 is 23.2. The van der Waals surface area contributed by atoms with Crippen LogP contribution in [0, 0.1) is 5.39 Å². The van der Waals surface area contributed by atoms with E-state index in [0.717, 1.165) is 6.26 Å². The fraction of sp³-hybridized carbons (Fsp3) is 0.0909. The van der Waals surface area contributed by atoms with Crippen LogP contribution in [-0.2, 0) is 9.84 Å². The Morgan fingerprint density at radius 1 is 1.18 bits per heavy atom. The Labute approximate surface area is 97.9 Å². The van der Waals surface area contributed by atoms with Gasteiger partial charge in [-0.1, -0.05) is 6.07 Å². The fourth-order valence-corrected chi connectivity index (χ4v) is 2.63. The van der Waals surface area contributed by atoms with Crippen molar-refractivity contribution in [3.63, 3.8) is 0 Å². The molecule has 17 heavy (non-hydrogen) atoms. The molecule has 2 aromatic carbocycles. The van der Waals surface area contributed by atoms with Gasteiger partial charge in [0.2, 0.25) is 11.1 Å². The summed E-state index contributed by atoms with van der Waals surface area (Å²) in [5.41, 5.74) is -0.0343. The van der Waals surface area contributed by atoms with E-state index >= 15 is 0 Å². The lowest BCUT2D eigenvalue weighted by Crippen LogP contribution is -1.97. The van der Waals surface area contributed by atoms with Gasteiger partial charge in [-0.05, 0) is 24.3 Å². The molecule has 0 amide bonds. The van der Waals surface area contributed by atoms with Gasteiger partial charge in [0.15, 0.2) is 14.8 Å². The summed E-state index contributed by atoms with van der Waals surface area (Å²) >= 11 is 0. The van der Waals surface area contributed by atoms with Gasteiger partial charge < -0.3 is 5.11 Å². The highest BCUT2D eigenvalue weighted by Gasteiger charge is 2.21. The van der Waals surface area contributed by atoms with Crippen LogP contribution in [0.4, 0.5) is 5.69 Å². The topological polar surface area (TPSA) is 82.5 Å². The Morgan fingerprint density at radius 3 is 2.47 bits per heavy atom. The average Bonchev–Trinajstić information content (AvgIpc) is 2.26. The van der Waals surface area contributed by atoms with E-state index in [1.54, 1.807) is 6.07 Å². The molecule has 0 aliphatic heterocycles. The molecule has 6 heteroatoms. The molecule has 0 saturated heterocycles. The van der Waals surface area contributed by atoms with Crippen molar-refractivity contribution in [2.24, 2.45) is 0 Å². The van der Waals surface area contributed by atoms with Crippen LogP contribution >= 0.6 is 0 Å². The van der Waals surface area contributed by atoms with Crippen molar-refractivity contribution in [2.75, 3.05) is 6.26 Å². The molecular weight excluding hydrogens is 240 g/mol. The van der Waals surface area contributed by atoms with Crippen molar-refractivity contribution in [3.05, 3.63) is 35.3 Å². The Kier molecular flexibility index (Phi) is 2.48. The van der Waals surface area contributed by atoms with Crippen LogP contribution in [0.25, 0.3) is 15.7 Å². The number of fused-ring (bicyclic) bond motifs is 1. The van der Waals surface area contributed by atoms with Gasteiger partial charge >= 0.3 is 5.69 Å². The molecule has 5 nitrogen and oxygen atoms in total. The summed E-state index contributed by atoms with van der Waals surface area (Å²) in [5, 5.41) is 19.1. The molecule has 0 unspecified atom stereocenters. The third kappa shape index (κ3) is 1.81. The van der Waals surface area contributed by atoms with E-state index in [-0.39, 0.29) is 16.3 Å². The van der Waals surface area contributed by atoms with Crippen LogP contribution in [0.15, 0.2) is 35.2 Å². The summed E-state index contributed by atoms with van der Waals surface area (Å²) in [7, 11) is -3.37. The van der Waals surface area contributed by atoms with E-state index in [0.29, 0.717) is 10.8 Å². The number of rotatable bonds is 1. The standard InChI is InChI=1S/C11H8N2O3S/c1-17(15,16)10-4-2-3-8-7(10)5-6-9(14)11(8)13-12/h2-6H,1H3/p+1. The summed E-state index contributed by atoms with van der Waals surface area (Å²) in [5.74, 6) is -0.203. The lowest BCUT2D eigenvalue weighted by molar-refractivity contribution is 0.479. The lowest BCUT2D eigenvalue weighted by atomic mass is 10.1. The third-order valence-corrected chi connectivity index (χ3v) is 3.63. The molecule has 2 rings (SSSR count). The number of phenolic OH excluding ortho intramolecular Hbond substituents is 1. The van der Waals surface area contributed by atoms with Gasteiger partial charge in [0.05, 0.1) is 10.3 Å². The van der Waals surface area contributed by atoms with Gasteiger partial charge in [-0.2, -0.15) is 0 Å². The second kappa shape index (κ2) is 3.71. The van der Waals surface area contributed by atoms with Gasteiger partial charge in [-0.3, -0.25) is 0 Å². The minimum absolute atomic E-state index is 0.0343. The zero-order chi connectivity index (χ0) is 12.6. The lowest BCUT2D eigenvalue weighted by Gasteiger charge is -2.02. The second-order valence-corrected chi connectivity index (χ2v) is 5.64. The Bertz CT molecular complexity index is 745. The van der Waals surface area contributed by atoms with Crippen molar-refractivity contribution in [3.8, 4) is 5.75 Å². The van der Waals surface area contributed by atoms with Crippen LogP contribution in [0.5, 0.6) is 5.75 Å². The first-order valence-corrected chi connectivity index (χ1v) is 6.64. The summed E-state index contributed by atoms with van der Waals surface area (Å²) in [6, 6.07) is 7.36.